The highest BCUT2D eigenvalue weighted by molar-refractivity contribution is 7.80. The summed E-state index contributed by atoms with van der Waals surface area (Å²) in [7, 11) is 0. The van der Waals surface area contributed by atoms with Crippen molar-refractivity contribution < 1.29 is 29.1 Å². The predicted molar refractivity (Wildman–Crippen MR) is 122 cm³/mol. The van der Waals surface area contributed by atoms with Gasteiger partial charge in [0.05, 0.1) is 12.5 Å². The number of carboxylic acids is 1. The van der Waals surface area contributed by atoms with Crippen LogP contribution in [0.1, 0.15) is 24.8 Å². The molecule has 11 nitrogen and oxygen atoms in total. The molecule has 0 saturated carbocycles. The lowest BCUT2D eigenvalue weighted by atomic mass is 10.0. The Morgan fingerprint density at radius 2 is 1.73 bits per heavy atom. The standard InChI is InChI=1S/C21H29N5O6S/c22-13(11-33)18(28)24-14(10-17(23)27)19(29)25-15(9-12-5-2-1-3-6-12)20(30)26-8-4-7-16(26)21(31)32/h1-3,5-6,13-16,33H,4,7-11,22H2,(H2,23,27)(H,24,28)(H,25,29)(H,31,32). The molecule has 1 saturated heterocycles. The predicted octanol–water partition coefficient (Wildman–Crippen LogP) is -1.59. The highest BCUT2D eigenvalue weighted by Gasteiger charge is 2.38. The third-order valence-corrected chi connectivity index (χ3v) is 5.68. The lowest BCUT2D eigenvalue weighted by Gasteiger charge is -2.29. The molecule has 1 aromatic rings. The van der Waals surface area contributed by atoms with E-state index in [-0.39, 0.29) is 18.7 Å². The second kappa shape index (κ2) is 12.2. The van der Waals surface area contributed by atoms with Crippen molar-refractivity contribution in [2.45, 2.75) is 49.9 Å². The van der Waals surface area contributed by atoms with Crippen molar-refractivity contribution in [3.63, 3.8) is 0 Å². The minimum absolute atomic E-state index is 0.0113. The summed E-state index contributed by atoms with van der Waals surface area (Å²) in [4.78, 5) is 62.7. The van der Waals surface area contributed by atoms with Gasteiger partial charge in [-0.3, -0.25) is 19.2 Å². The molecule has 180 valence electrons. The fourth-order valence-corrected chi connectivity index (χ4v) is 3.75. The van der Waals surface area contributed by atoms with E-state index in [1.807, 2.05) is 0 Å². The third kappa shape index (κ3) is 7.46. The molecule has 1 aliphatic heterocycles. The number of hydrogen-bond acceptors (Lipinski definition) is 7. The molecule has 0 radical (unpaired) electrons. The molecule has 12 heteroatoms. The van der Waals surface area contributed by atoms with Crippen molar-refractivity contribution in [1.29, 1.82) is 0 Å². The number of nitrogens with one attached hydrogen (secondary N) is 2. The minimum atomic E-state index is -1.36. The van der Waals surface area contributed by atoms with Crippen LogP contribution in [0.15, 0.2) is 30.3 Å². The number of likely N-dealkylation sites (tertiary alicyclic amines) is 1. The summed E-state index contributed by atoms with van der Waals surface area (Å²) >= 11 is 3.94. The first-order valence-electron chi connectivity index (χ1n) is 10.5. The second-order valence-corrected chi connectivity index (χ2v) is 8.16. The highest BCUT2D eigenvalue weighted by atomic mass is 32.1. The quantitative estimate of drug-likeness (QED) is 0.206. The molecule has 7 N–H and O–H groups in total. The van der Waals surface area contributed by atoms with Crippen molar-refractivity contribution in [1.82, 2.24) is 15.5 Å². The summed E-state index contributed by atoms with van der Waals surface area (Å²) in [5.41, 5.74) is 11.6. The van der Waals surface area contributed by atoms with E-state index in [9.17, 15) is 29.1 Å². The number of benzene rings is 1. The number of rotatable bonds is 11. The zero-order valence-corrected chi connectivity index (χ0v) is 18.9. The van der Waals surface area contributed by atoms with E-state index >= 15 is 0 Å². The van der Waals surface area contributed by atoms with E-state index in [2.05, 4.69) is 23.3 Å². The first-order chi connectivity index (χ1) is 15.6. The van der Waals surface area contributed by atoms with E-state index in [1.54, 1.807) is 30.3 Å². The summed E-state index contributed by atoms with van der Waals surface area (Å²) in [5, 5.41) is 14.4. The molecule has 4 unspecified atom stereocenters. The van der Waals surface area contributed by atoms with Gasteiger partial charge in [-0.1, -0.05) is 30.3 Å². The lowest BCUT2D eigenvalue weighted by molar-refractivity contribution is -0.149. The van der Waals surface area contributed by atoms with Crippen LogP contribution >= 0.6 is 12.6 Å². The molecule has 0 bridgehead atoms. The van der Waals surface area contributed by atoms with Gasteiger partial charge in [-0.2, -0.15) is 12.6 Å². The molecule has 4 atom stereocenters. The van der Waals surface area contributed by atoms with Gasteiger partial charge in [0.1, 0.15) is 18.1 Å². The summed E-state index contributed by atoms with van der Waals surface area (Å²) in [6.45, 7) is 0.245. The van der Waals surface area contributed by atoms with Gasteiger partial charge in [-0.05, 0) is 18.4 Å². The SMILES string of the molecule is NC(=O)CC(NC(=O)C(N)CS)C(=O)NC(Cc1ccccc1)C(=O)N1CCCC1C(=O)O. The average molecular weight is 480 g/mol. The van der Waals surface area contributed by atoms with Crippen LogP contribution in [0.3, 0.4) is 0 Å². The maximum Gasteiger partial charge on any atom is 0.326 e. The minimum Gasteiger partial charge on any atom is -0.480 e. The van der Waals surface area contributed by atoms with Crippen molar-refractivity contribution >= 4 is 42.2 Å². The molecular formula is C21H29N5O6S. The van der Waals surface area contributed by atoms with Gasteiger partial charge in [-0.25, -0.2) is 4.79 Å². The van der Waals surface area contributed by atoms with Crippen LogP contribution in [0.4, 0.5) is 0 Å². The molecule has 1 aliphatic rings. The van der Waals surface area contributed by atoms with E-state index in [0.717, 1.165) is 5.56 Å². The van der Waals surface area contributed by atoms with Gasteiger partial charge in [0, 0.05) is 18.7 Å². The Bertz CT molecular complexity index is 883. The van der Waals surface area contributed by atoms with Crippen molar-refractivity contribution in [3.8, 4) is 0 Å². The summed E-state index contributed by atoms with van der Waals surface area (Å²) < 4.78 is 0. The highest BCUT2D eigenvalue weighted by Crippen LogP contribution is 2.20. The number of hydrogen-bond donors (Lipinski definition) is 6. The Labute approximate surface area is 196 Å². The molecule has 0 aliphatic carbocycles. The number of thiol groups is 1. The van der Waals surface area contributed by atoms with Crippen LogP contribution in [-0.4, -0.2) is 76.1 Å². The zero-order valence-electron chi connectivity index (χ0n) is 18.0. The summed E-state index contributed by atoms with van der Waals surface area (Å²) in [6, 6.07) is 4.38. The molecule has 1 aromatic carbocycles. The van der Waals surface area contributed by atoms with Gasteiger partial charge in [-0.15, -0.1) is 0 Å². The molecule has 2 rings (SSSR count). The van der Waals surface area contributed by atoms with E-state index in [0.29, 0.717) is 12.8 Å². The van der Waals surface area contributed by atoms with Crippen LogP contribution in [0.5, 0.6) is 0 Å². The van der Waals surface area contributed by atoms with Crippen LogP contribution in [0.2, 0.25) is 0 Å². The fourth-order valence-electron chi connectivity index (χ4n) is 3.58. The number of carbonyl (C=O) groups excluding carboxylic acids is 4. The molecule has 0 spiro atoms. The average Bonchev–Trinajstić information content (AvgIpc) is 3.27. The van der Waals surface area contributed by atoms with E-state index in [1.165, 1.54) is 4.90 Å². The Hall–Kier alpha value is -3.12. The Morgan fingerprint density at radius 3 is 2.30 bits per heavy atom. The van der Waals surface area contributed by atoms with Crippen molar-refractivity contribution in [2.24, 2.45) is 11.5 Å². The first-order valence-corrected chi connectivity index (χ1v) is 11.1. The molecular weight excluding hydrogens is 450 g/mol. The maximum atomic E-state index is 13.3. The smallest absolute Gasteiger partial charge is 0.326 e. The first kappa shape index (κ1) is 26.1. The number of nitrogens with two attached hydrogens (primary N) is 2. The van der Waals surface area contributed by atoms with Crippen LogP contribution in [0.25, 0.3) is 0 Å². The fraction of sp³-hybridized carbons (Fsp3) is 0.476. The Balaban J connectivity index is 2.26. The maximum absolute atomic E-state index is 13.3. The Morgan fingerprint density at radius 1 is 1.09 bits per heavy atom. The monoisotopic (exact) mass is 479 g/mol. The van der Waals surface area contributed by atoms with Gasteiger partial charge in [0.25, 0.3) is 0 Å². The molecule has 4 amide bonds. The van der Waals surface area contributed by atoms with Crippen molar-refractivity contribution in [2.75, 3.05) is 12.3 Å². The van der Waals surface area contributed by atoms with Crippen molar-refractivity contribution in [3.05, 3.63) is 35.9 Å². The number of carboxylic acid groups (broad SMARTS) is 1. The number of nitrogens with zero attached hydrogens (tertiary/aromatic N) is 1. The van der Waals surface area contributed by atoms with Gasteiger partial charge < -0.3 is 32.1 Å². The molecule has 0 aromatic heterocycles. The molecule has 1 heterocycles. The van der Waals surface area contributed by atoms with Gasteiger partial charge in [0.2, 0.25) is 23.6 Å². The summed E-state index contributed by atoms with van der Waals surface area (Å²) in [6.07, 6.45) is 0.415. The summed E-state index contributed by atoms with van der Waals surface area (Å²) in [5.74, 6) is -4.03. The van der Waals surface area contributed by atoms with E-state index in [4.69, 9.17) is 11.5 Å². The molecule has 1 fully saturated rings. The normalized spacial score (nSPS) is 18.1. The van der Waals surface area contributed by atoms with E-state index < -0.39 is 60.2 Å². The zero-order chi connectivity index (χ0) is 24.5. The third-order valence-electron chi connectivity index (χ3n) is 5.29. The number of primary amides is 1. The topological polar surface area (TPSA) is 185 Å². The number of amides is 4. The van der Waals surface area contributed by atoms with Crippen LogP contribution in [0, 0.1) is 0 Å². The van der Waals surface area contributed by atoms with Gasteiger partial charge in [0.15, 0.2) is 0 Å². The van der Waals surface area contributed by atoms with Crippen LogP contribution < -0.4 is 22.1 Å². The lowest BCUT2D eigenvalue weighted by Crippen LogP contribution is -2.58. The van der Waals surface area contributed by atoms with Crippen LogP contribution in [-0.2, 0) is 30.4 Å². The molecule has 33 heavy (non-hydrogen) atoms. The van der Waals surface area contributed by atoms with Gasteiger partial charge >= 0.3 is 5.97 Å². The number of aliphatic carboxylic acids is 1. The Kier molecular flexibility index (Phi) is 9.67. The largest absolute Gasteiger partial charge is 0.480 e. The second-order valence-electron chi connectivity index (χ2n) is 7.80. The number of carbonyl (C=O) groups is 5.